The van der Waals surface area contributed by atoms with Crippen LogP contribution in [0.2, 0.25) is 5.02 Å². The fourth-order valence-electron chi connectivity index (χ4n) is 1.66. The van der Waals surface area contributed by atoms with Crippen molar-refractivity contribution in [3.05, 3.63) is 57.3 Å². The summed E-state index contributed by atoms with van der Waals surface area (Å²) in [7, 11) is 0. The van der Waals surface area contributed by atoms with Crippen LogP contribution in [0.5, 0.6) is 5.75 Å². The first kappa shape index (κ1) is 15.8. The molecule has 0 aromatic heterocycles. The van der Waals surface area contributed by atoms with Crippen molar-refractivity contribution < 1.29 is 13.9 Å². The molecular formula is C15H12BrClFNO2. The van der Waals surface area contributed by atoms with Gasteiger partial charge in [-0.1, -0.05) is 17.7 Å². The Labute approximate surface area is 135 Å². The van der Waals surface area contributed by atoms with E-state index in [1.54, 1.807) is 30.3 Å². The van der Waals surface area contributed by atoms with E-state index in [1.807, 2.05) is 6.92 Å². The number of carbonyl (C=O) groups excluding carboxylic acids is 1. The highest BCUT2D eigenvalue weighted by Gasteiger charge is 2.09. The van der Waals surface area contributed by atoms with E-state index in [0.29, 0.717) is 15.2 Å². The molecule has 0 aliphatic heterocycles. The molecule has 3 nitrogen and oxygen atoms in total. The second kappa shape index (κ2) is 6.91. The van der Waals surface area contributed by atoms with Gasteiger partial charge < -0.3 is 10.1 Å². The second-order valence-electron chi connectivity index (χ2n) is 4.39. The Morgan fingerprint density at radius 1 is 1.33 bits per heavy atom. The zero-order chi connectivity index (χ0) is 15.4. The number of benzene rings is 2. The molecule has 0 saturated heterocycles. The number of halogens is 3. The lowest BCUT2D eigenvalue weighted by Gasteiger charge is -2.10. The second-order valence-corrected chi connectivity index (χ2v) is 5.69. The number of ether oxygens (including phenoxy) is 1. The summed E-state index contributed by atoms with van der Waals surface area (Å²) in [5.74, 6) is -0.442. The Kier molecular flexibility index (Phi) is 5.20. The summed E-state index contributed by atoms with van der Waals surface area (Å²) >= 11 is 9.10. The molecule has 110 valence electrons. The summed E-state index contributed by atoms with van der Waals surface area (Å²) in [6.07, 6.45) is 0. The number of hydrogen-bond acceptors (Lipinski definition) is 2. The Morgan fingerprint density at radius 2 is 2.10 bits per heavy atom. The highest BCUT2D eigenvalue weighted by atomic mass is 79.9. The zero-order valence-corrected chi connectivity index (χ0v) is 13.5. The Hall–Kier alpha value is -1.59. The van der Waals surface area contributed by atoms with Crippen LogP contribution in [0.25, 0.3) is 0 Å². The molecule has 0 aliphatic carbocycles. The van der Waals surface area contributed by atoms with E-state index in [-0.39, 0.29) is 12.3 Å². The lowest BCUT2D eigenvalue weighted by molar-refractivity contribution is -0.118. The Balaban J connectivity index is 1.97. The van der Waals surface area contributed by atoms with E-state index in [4.69, 9.17) is 16.3 Å². The van der Waals surface area contributed by atoms with Crippen LogP contribution in [0, 0.1) is 12.7 Å². The molecule has 0 atom stereocenters. The third-order valence-electron chi connectivity index (χ3n) is 2.65. The largest absolute Gasteiger partial charge is 0.483 e. The lowest BCUT2D eigenvalue weighted by Crippen LogP contribution is -2.21. The molecule has 0 bridgehead atoms. The monoisotopic (exact) mass is 371 g/mol. The number of nitrogens with one attached hydrogen (secondary N) is 1. The maximum Gasteiger partial charge on any atom is 0.262 e. The summed E-state index contributed by atoms with van der Waals surface area (Å²) in [4.78, 5) is 11.8. The number of rotatable bonds is 4. The first-order valence-electron chi connectivity index (χ1n) is 6.09. The third kappa shape index (κ3) is 4.44. The molecule has 1 amide bonds. The molecule has 0 saturated carbocycles. The van der Waals surface area contributed by atoms with Crippen LogP contribution in [-0.2, 0) is 4.79 Å². The molecule has 2 aromatic carbocycles. The van der Waals surface area contributed by atoms with Crippen molar-refractivity contribution in [2.24, 2.45) is 0 Å². The predicted molar refractivity (Wildman–Crippen MR) is 84.4 cm³/mol. The van der Waals surface area contributed by atoms with Crippen LogP contribution < -0.4 is 10.1 Å². The minimum Gasteiger partial charge on any atom is -0.483 e. The van der Waals surface area contributed by atoms with E-state index < -0.39 is 11.7 Å². The van der Waals surface area contributed by atoms with Crippen molar-refractivity contribution in [2.75, 3.05) is 11.9 Å². The van der Waals surface area contributed by atoms with E-state index in [2.05, 4.69) is 21.2 Å². The number of aryl methyl sites for hydroxylation is 1. The van der Waals surface area contributed by atoms with Crippen LogP contribution in [0.15, 0.2) is 40.9 Å². The Bertz CT molecular complexity index is 679. The maximum absolute atomic E-state index is 13.5. The van der Waals surface area contributed by atoms with Gasteiger partial charge in [-0.25, -0.2) is 4.39 Å². The highest BCUT2D eigenvalue weighted by Crippen LogP contribution is 2.28. The van der Waals surface area contributed by atoms with Gasteiger partial charge in [0.2, 0.25) is 0 Å². The fourth-order valence-corrected chi connectivity index (χ4v) is 2.45. The summed E-state index contributed by atoms with van der Waals surface area (Å²) < 4.78 is 19.5. The SMILES string of the molecule is Cc1ccc(F)c(NC(=O)COc2ccc(Cl)cc2Br)c1. The van der Waals surface area contributed by atoms with Crippen LogP contribution in [-0.4, -0.2) is 12.5 Å². The van der Waals surface area contributed by atoms with Crippen molar-refractivity contribution in [1.29, 1.82) is 0 Å². The van der Waals surface area contributed by atoms with Gasteiger partial charge in [0.25, 0.3) is 5.91 Å². The van der Waals surface area contributed by atoms with Gasteiger partial charge in [0.05, 0.1) is 10.2 Å². The van der Waals surface area contributed by atoms with Gasteiger partial charge >= 0.3 is 0 Å². The number of amides is 1. The molecule has 2 rings (SSSR count). The first-order chi connectivity index (χ1) is 9.95. The summed E-state index contributed by atoms with van der Waals surface area (Å²) in [5, 5.41) is 3.03. The summed E-state index contributed by atoms with van der Waals surface area (Å²) in [6, 6.07) is 9.46. The van der Waals surface area contributed by atoms with Crippen LogP contribution in [0.4, 0.5) is 10.1 Å². The smallest absolute Gasteiger partial charge is 0.262 e. The van der Waals surface area contributed by atoms with Crippen LogP contribution in [0.3, 0.4) is 0 Å². The molecule has 1 N–H and O–H groups in total. The Morgan fingerprint density at radius 3 is 2.81 bits per heavy atom. The summed E-state index contributed by atoms with van der Waals surface area (Å²) in [5.41, 5.74) is 0.992. The third-order valence-corrected chi connectivity index (χ3v) is 3.50. The standard InChI is InChI=1S/C15H12BrClFNO2/c1-9-2-4-12(18)13(6-9)19-15(20)8-21-14-5-3-10(17)7-11(14)16/h2-7H,8H2,1H3,(H,19,20). The predicted octanol–water partition coefficient (Wildman–Crippen LogP) is 4.57. The average molecular weight is 373 g/mol. The van der Waals surface area contributed by atoms with Gasteiger partial charge in [-0.15, -0.1) is 0 Å². The minimum atomic E-state index is -0.485. The van der Waals surface area contributed by atoms with Gasteiger partial charge in [0, 0.05) is 5.02 Å². The van der Waals surface area contributed by atoms with Gasteiger partial charge in [-0.3, -0.25) is 4.79 Å². The van der Waals surface area contributed by atoms with E-state index in [9.17, 15) is 9.18 Å². The van der Waals surface area contributed by atoms with Crippen molar-refractivity contribution in [3.8, 4) is 5.75 Å². The maximum atomic E-state index is 13.5. The summed E-state index contributed by atoms with van der Waals surface area (Å²) in [6.45, 7) is 1.59. The van der Waals surface area contributed by atoms with Gasteiger partial charge in [0.1, 0.15) is 11.6 Å². The first-order valence-corrected chi connectivity index (χ1v) is 7.26. The molecule has 0 radical (unpaired) electrons. The van der Waals surface area contributed by atoms with E-state index in [1.165, 1.54) is 6.07 Å². The lowest BCUT2D eigenvalue weighted by atomic mass is 10.2. The average Bonchev–Trinajstić information content (AvgIpc) is 2.42. The number of hydrogen-bond donors (Lipinski definition) is 1. The van der Waals surface area contributed by atoms with Crippen molar-refractivity contribution in [2.45, 2.75) is 6.92 Å². The quantitative estimate of drug-likeness (QED) is 0.854. The normalized spacial score (nSPS) is 10.3. The zero-order valence-electron chi connectivity index (χ0n) is 11.1. The van der Waals surface area contributed by atoms with Crippen molar-refractivity contribution >= 4 is 39.1 Å². The molecule has 0 spiro atoms. The molecule has 2 aromatic rings. The number of anilines is 1. The molecule has 0 heterocycles. The highest BCUT2D eigenvalue weighted by molar-refractivity contribution is 9.10. The molecule has 21 heavy (non-hydrogen) atoms. The van der Waals surface area contributed by atoms with Crippen molar-refractivity contribution in [1.82, 2.24) is 0 Å². The van der Waals surface area contributed by atoms with Gasteiger partial charge in [-0.05, 0) is 58.7 Å². The minimum absolute atomic E-state index is 0.138. The van der Waals surface area contributed by atoms with Gasteiger partial charge in [0.15, 0.2) is 6.61 Å². The molecule has 0 fully saturated rings. The molecule has 0 aliphatic rings. The topological polar surface area (TPSA) is 38.3 Å². The van der Waals surface area contributed by atoms with Crippen LogP contribution in [0.1, 0.15) is 5.56 Å². The van der Waals surface area contributed by atoms with Crippen molar-refractivity contribution in [3.63, 3.8) is 0 Å². The van der Waals surface area contributed by atoms with E-state index >= 15 is 0 Å². The van der Waals surface area contributed by atoms with Gasteiger partial charge in [-0.2, -0.15) is 0 Å². The molecule has 6 heteroatoms. The molecular weight excluding hydrogens is 361 g/mol. The number of carbonyl (C=O) groups is 1. The van der Waals surface area contributed by atoms with Crippen LogP contribution >= 0.6 is 27.5 Å². The molecule has 0 unspecified atom stereocenters. The van der Waals surface area contributed by atoms with E-state index in [0.717, 1.165) is 5.56 Å². The fraction of sp³-hybridized carbons (Fsp3) is 0.133.